The van der Waals surface area contributed by atoms with E-state index in [-0.39, 0.29) is 37.8 Å². The van der Waals surface area contributed by atoms with Crippen LogP contribution in [0.25, 0.3) is 11.1 Å². The molecular formula is C66H66N4O10. The van der Waals surface area contributed by atoms with Gasteiger partial charge in [0.2, 0.25) is 11.8 Å². The summed E-state index contributed by atoms with van der Waals surface area (Å²) in [5.74, 6) is -2.44. The summed E-state index contributed by atoms with van der Waals surface area (Å²) in [7, 11) is 0. The van der Waals surface area contributed by atoms with Crippen LogP contribution in [0.1, 0.15) is 70.7 Å². The summed E-state index contributed by atoms with van der Waals surface area (Å²) in [6.45, 7) is 0.370. The van der Waals surface area contributed by atoms with Gasteiger partial charge in [-0.05, 0) is 56.5 Å². The highest BCUT2D eigenvalue weighted by Gasteiger charge is 2.37. The molecule has 0 fully saturated rings. The first-order chi connectivity index (χ1) is 39.0. The molecule has 80 heavy (non-hydrogen) atoms. The lowest BCUT2D eigenvalue weighted by molar-refractivity contribution is -0.147. The molecule has 0 radical (unpaired) electrons. The van der Waals surface area contributed by atoms with E-state index >= 15 is 0 Å². The minimum atomic E-state index is -1.91. The van der Waals surface area contributed by atoms with Crippen LogP contribution in [0, 0.1) is 0 Å². The summed E-state index contributed by atoms with van der Waals surface area (Å²) in [4.78, 5) is 62.2. The van der Waals surface area contributed by atoms with E-state index in [1.165, 1.54) is 0 Å². The summed E-state index contributed by atoms with van der Waals surface area (Å²) < 4.78 is 11.1. The number of esters is 1. The Balaban J connectivity index is 0.000000260. The van der Waals surface area contributed by atoms with Gasteiger partial charge in [-0.15, -0.1) is 0 Å². The van der Waals surface area contributed by atoms with Crippen LogP contribution in [0.4, 0.5) is 4.79 Å². The molecule has 9 rings (SSSR count). The predicted molar refractivity (Wildman–Crippen MR) is 307 cm³/mol. The fraction of sp³-hybridized carbons (Fsp3) is 0.197. The molecule has 0 aromatic heterocycles. The molecule has 0 bridgehead atoms. The molecule has 7 N–H and O–H groups in total. The Hall–Kier alpha value is -9.21. The van der Waals surface area contributed by atoms with Crippen molar-refractivity contribution in [2.24, 2.45) is 0 Å². The minimum Gasteiger partial charge on any atom is -0.452 e. The topological polar surface area (TPSA) is 213 Å². The van der Waals surface area contributed by atoms with Crippen molar-refractivity contribution in [2.45, 2.75) is 55.6 Å². The zero-order valence-corrected chi connectivity index (χ0v) is 44.3. The first-order valence-corrected chi connectivity index (χ1v) is 26.4. The number of hydrogen-bond donors (Lipinski definition) is 7. The second kappa shape index (κ2) is 30.1. The molecule has 0 saturated heterocycles. The number of ether oxygens (including phenoxy) is 2. The molecule has 14 nitrogen and oxygen atoms in total. The molecule has 0 saturated carbocycles. The first kappa shape index (κ1) is 58.5. The van der Waals surface area contributed by atoms with E-state index in [2.05, 4.69) is 57.7 Å². The van der Waals surface area contributed by atoms with Crippen molar-refractivity contribution in [1.29, 1.82) is 0 Å². The van der Waals surface area contributed by atoms with E-state index < -0.39 is 66.9 Å². The van der Waals surface area contributed by atoms with Crippen molar-refractivity contribution in [3.05, 3.63) is 276 Å². The molecule has 3 atom stereocenters. The third-order valence-corrected chi connectivity index (χ3v) is 13.2. The first-order valence-electron chi connectivity index (χ1n) is 26.4. The van der Waals surface area contributed by atoms with E-state index in [0.717, 1.165) is 50.1 Å². The highest BCUT2D eigenvalue weighted by atomic mass is 16.6. The quantitative estimate of drug-likeness (QED) is 0.0285. The van der Waals surface area contributed by atoms with Crippen molar-refractivity contribution in [1.82, 2.24) is 21.3 Å². The van der Waals surface area contributed by atoms with Gasteiger partial charge in [0.1, 0.15) is 18.7 Å². The fourth-order valence-corrected chi connectivity index (χ4v) is 9.45. The summed E-state index contributed by atoms with van der Waals surface area (Å²) >= 11 is 0. The molecule has 0 heterocycles. The van der Waals surface area contributed by atoms with Crippen molar-refractivity contribution >= 4 is 29.8 Å². The smallest absolute Gasteiger partial charge is 0.407 e. The average molecular weight is 1080 g/mol. The Morgan fingerprint density at radius 3 is 1.40 bits per heavy atom. The number of rotatable bonds is 20. The van der Waals surface area contributed by atoms with Gasteiger partial charge < -0.3 is 46.1 Å². The number of amides is 4. The van der Waals surface area contributed by atoms with Gasteiger partial charge in [-0.25, -0.2) is 4.79 Å². The number of nitrogens with one attached hydrogen (secondary N) is 4. The van der Waals surface area contributed by atoms with Crippen LogP contribution in [-0.4, -0.2) is 89.7 Å². The average Bonchev–Trinajstić information content (AvgIpc) is 3.99. The van der Waals surface area contributed by atoms with E-state index in [1.807, 2.05) is 200 Å². The van der Waals surface area contributed by atoms with Gasteiger partial charge >= 0.3 is 12.1 Å². The SMILES string of the molecule is CC(=O)NC(c1ccccc1)(c1ccccc1)c1ccccc1.O=C(CNC(=O)OCC1c2ccccc2-c2ccccc21)NC(CO)C[C@@H](O)[C@H](O)C(=O)NCCC(=O)OC(c1ccccc1)c1ccccc1.c1ccccc1. The third-order valence-electron chi connectivity index (χ3n) is 13.2. The zero-order chi connectivity index (χ0) is 56.5. The Morgan fingerprint density at radius 1 is 0.550 bits per heavy atom. The van der Waals surface area contributed by atoms with Crippen molar-refractivity contribution < 1.29 is 48.8 Å². The van der Waals surface area contributed by atoms with Gasteiger partial charge in [0.25, 0.3) is 5.91 Å². The number of carbonyl (C=O) groups is 5. The van der Waals surface area contributed by atoms with Crippen LogP contribution in [-0.2, 0) is 34.2 Å². The molecule has 1 aliphatic carbocycles. The second-order valence-corrected chi connectivity index (χ2v) is 18.8. The number of aliphatic hydroxyl groups excluding tert-OH is 3. The van der Waals surface area contributed by atoms with Gasteiger partial charge in [0.05, 0.1) is 25.2 Å². The lowest BCUT2D eigenvalue weighted by Crippen LogP contribution is -2.49. The Morgan fingerprint density at radius 2 is 0.963 bits per heavy atom. The molecule has 1 aliphatic rings. The predicted octanol–water partition coefficient (Wildman–Crippen LogP) is 8.75. The van der Waals surface area contributed by atoms with Crippen molar-refractivity contribution in [3.63, 3.8) is 0 Å². The summed E-state index contributed by atoms with van der Waals surface area (Å²) in [5, 5.41) is 41.0. The molecule has 8 aromatic carbocycles. The number of carbonyl (C=O) groups excluding carboxylic acids is 5. The number of fused-ring (bicyclic) bond motifs is 3. The lowest BCUT2D eigenvalue weighted by atomic mass is 9.77. The Labute approximate surface area is 466 Å². The maximum absolute atomic E-state index is 12.7. The maximum Gasteiger partial charge on any atom is 0.407 e. The Kier molecular flexibility index (Phi) is 22.0. The van der Waals surface area contributed by atoms with E-state index in [0.29, 0.717) is 0 Å². The highest BCUT2D eigenvalue weighted by molar-refractivity contribution is 5.83. The van der Waals surface area contributed by atoms with Crippen LogP contribution < -0.4 is 21.3 Å². The summed E-state index contributed by atoms with van der Waals surface area (Å²) in [5.41, 5.74) is 8.21. The molecule has 1 unspecified atom stereocenters. The Bertz CT molecular complexity index is 2980. The second-order valence-electron chi connectivity index (χ2n) is 18.8. The summed E-state index contributed by atoms with van der Waals surface area (Å²) in [6.07, 6.45) is -5.60. The van der Waals surface area contributed by atoms with Crippen LogP contribution in [0.5, 0.6) is 0 Å². The maximum atomic E-state index is 12.7. The largest absolute Gasteiger partial charge is 0.452 e. The number of alkyl carbamates (subject to hydrolysis) is 1. The molecule has 0 spiro atoms. The van der Waals surface area contributed by atoms with Crippen LogP contribution in [0.2, 0.25) is 0 Å². The number of aliphatic hydroxyl groups is 3. The number of benzene rings is 8. The van der Waals surface area contributed by atoms with Crippen LogP contribution >= 0.6 is 0 Å². The summed E-state index contributed by atoms with van der Waals surface area (Å²) in [6, 6.07) is 75.4. The van der Waals surface area contributed by atoms with Crippen LogP contribution in [0.3, 0.4) is 0 Å². The standard InChI is InChI=1S/C39H41N3O9.C21H19NO.C6H6/c43-23-27(42-34(45)22-41-39(49)50-24-32-30-17-9-7-15-28(30)29-16-8-10-18-31(29)32)21-33(44)36(47)38(48)40-20-19-35(46)51-37(25-11-3-1-4-12-25)26-13-5-2-6-14-26;1-17(23)22-21(18-11-5-2-6-12-18,19-13-7-3-8-14-19)20-15-9-4-10-16-20;1-2-4-6-5-3-1/h1-18,27,32-33,36-37,43-44,47H,19-24H2,(H,40,48)(H,41,49)(H,42,45);2-16H,1H3,(H,22,23);1-6H/t27?,33-,36+;;/m1../s1. The van der Waals surface area contributed by atoms with Gasteiger partial charge in [-0.1, -0.05) is 237 Å². The monoisotopic (exact) mass is 1070 g/mol. The van der Waals surface area contributed by atoms with Gasteiger partial charge in [-0.2, -0.15) is 0 Å². The third kappa shape index (κ3) is 16.2. The van der Waals surface area contributed by atoms with E-state index in [9.17, 15) is 39.3 Å². The van der Waals surface area contributed by atoms with Gasteiger partial charge in [0, 0.05) is 19.4 Å². The molecule has 410 valence electrons. The fourth-order valence-electron chi connectivity index (χ4n) is 9.45. The normalized spacial score (nSPS) is 12.5. The van der Waals surface area contributed by atoms with E-state index in [1.54, 1.807) is 6.92 Å². The molecule has 0 aliphatic heterocycles. The van der Waals surface area contributed by atoms with Crippen molar-refractivity contribution in [2.75, 3.05) is 26.3 Å². The lowest BCUT2D eigenvalue weighted by Gasteiger charge is -2.36. The minimum absolute atomic E-state index is 0.0654. The molecule has 14 heteroatoms. The van der Waals surface area contributed by atoms with Crippen molar-refractivity contribution in [3.8, 4) is 11.1 Å². The van der Waals surface area contributed by atoms with Gasteiger partial charge in [0.15, 0.2) is 12.2 Å². The molecular weight excluding hydrogens is 1010 g/mol. The zero-order valence-electron chi connectivity index (χ0n) is 44.3. The molecule has 8 aromatic rings. The van der Waals surface area contributed by atoms with Gasteiger partial charge in [-0.3, -0.25) is 19.2 Å². The van der Waals surface area contributed by atoms with E-state index in [4.69, 9.17) is 9.47 Å². The molecule has 4 amide bonds. The number of hydrogen-bond acceptors (Lipinski definition) is 10. The van der Waals surface area contributed by atoms with Crippen LogP contribution in [0.15, 0.2) is 237 Å². The highest BCUT2D eigenvalue weighted by Crippen LogP contribution is 2.44.